The summed E-state index contributed by atoms with van der Waals surface area (Å²) in [7, 11) is 0. The fourth-order valence-electron chi connectivity index (χ4n) is 5.80. The van der Waals surface area contributed by atoms with Crippen LogP contribution in [0.3, 0.4) is 0 Å². The third-order valence-corrected chi connectivity index (χ3v) is 8.40. The minimum absolute atomic E-state index is 0.0650. The molecule has 0 unspecified atom stereocenters. The number of fused-ring (bicyclic) bond motifs is 1. The molecule has 0 aromatic heterocycles. The van der Waals surface area contributed by atoms with Gasteiger partial charge in [-0.1, -0.05) is 55.7 Å². The van der Waals surface area contributed by atoms with E-state index in [-0.39, 0.29) is 35.8 Å². The minimum Gasteiger partial charge on any atom is -0.494 e. The van der Waals surface area contributed by atoms with Gasteiger partial charge in [-0.05, 0) is 80.3 Å². The molecule has 3 N–H and O–H groups in total. The first kappa shape index (κ1) is 35.3. The molecule has 2 aliphatic rings. The number of hydrogen-bond acceptors (Lipinski definition) is 8. The Morgan fingerprint density at radius 2 is 1.66 bits per heavy atom. The second-order valence-electron chi connectivity index (χ2n) is 12.0. The number of rotatable bonds is 13. The molecule has 47 heavy (non-hydrogen) atoms. The second kappa shape index (κ2) is 19.2. The van der Waals surface area contributed by atoms with Crippen molar-refractivity contribution in [1.82, 2.24) is 15.8 Å². The summed E-state index contributed by atoms with van der Waals surface area (Å²) in [5.74, 6) is -0.192. The molecule has 4 rings (SSSR count). The van der Waals surface area contributed by atoms with Gasteiger partial charge >= 0.3 is 5.97 Å². The lowest BCUT2D eigenvalue weighted by molar-refractivity contribution is -0.159. The summed E-state index contributed by atoms with van der Waals surface area (Å²) in [5.41, 5.74) is 6.39. The van der Waals surface area contributed by atoms with Gasteiger partial charge in [0.1, 0.15) is 11.9 Å². The third kappa shape index (κ3) is 12.0. The topological polar surface area (TPSA) is 147 Å². The van der Waals surface area contributed by atoms with E-state index < -0.39 is 0 Å². The summed E-state index contributed by atoms with van der Waals surface area (Å²) in [6.45, 7) is 0.962. The Balaban J connectivity index is 1.25. The first-order valence-corrected chi connectivity index (χ1v) is 16.6. The predicted molar refractivity (Wildman–Crippen MR) is 177 cm³/mol. The number of hydrazone groups is 1. The molecule has 1 saturated carbocycles. The van der Waals surface area contributed by atoms with Crippen LogP contribution in [0.4, 0.5) is 0 Å². The molecule has 2 aromatic carbocycles. The normalized spacial score (nSPS) is 19.6. The molecular weight excluding hydrogens is 600 g/mol. The zero-order valence-electron chi connectivity index (χ0n) is 26.9. The average Bonchev–Trinajstić information content (AvgIpc) is 3.08. The molecule has 2 atom stereocenters. The van der Waals surface area contributed by atoms with E-state index in [1.54, 1.807) is 36.0 Å². The highest BCUT2D eigenvalue weighted by atomic mass is 16.5. The largest absolute Gasteiger partial charge is 0.494 e. The van der Waals surface area contributed by atoms with Crippen molar-refractivity contribution < 1.29 is 33.9 Å². The van der Waals surface area contributed by atoms with E-state index in [0.29, 0.717) is 63.0 Å². The Morgan fingerprint density at radius 1 is 0.936 bits per heavy atom. The number of hydroxylamine groups is 1. The number of unbranched alkanes of at least 4 members (excludes halogenated alkanes) is 3. The van der Waals surface area contributed by atoms with Crippen molar-refractivity contribution in [3.63, 3.8) is 0 Å². The molecule has 1 heterocycles. The SMILES string of the molecule is O=C(CCCCCCOc1ccc(C(=O)N/N=C/c2ccc(CN3C(=O)CC/C=C/CCC(=O)O[C@@H]4CCCC[C@H]43)cc2)cc1)NO. The van der Waals surface area contributed by atoms with Crippen molar-refractivity contribution in [3.8, 4) is 5.75 Å². The highest BCUT2D eigenvalue weighted by Crippen LogP contribution is 2.29. The van der Waals surface area contributed by atoms with Crippen LogP contribution in [0.1, 0.15) is 105 Å². The number of hydrogen-bond donors (Lipinski definition) is 3. The number of carbonyl (C=O) groups excluding carboxylic acids is 4. The monoisotopic (exact) mass is 646 g/mol. The van der Waals surface area contributed by atoms with Crippen LogP contribution >= 0.6 is 0 Å². The van der Waals surface area contributed by atoms with Gasteiger partial charge in [0.25, 0.3) is 5.91 Å². The highest BCUT2D eigenvalue weighted by Gasteiger charge is 2.35. The summed E-state index contributed by atoms with van der Waals surface area (Å²) < 4.78 is 11.6. The molecular formula is C36H46N4O7. The molecule has 0 bridgehead atoms. The number of esters is 1. The van der Waals surface area contributed by atoms with Gasteiger partial charge in [0.15, 0.2) is 0 Å². The van der Waals surface area contributed by atoms with Crippen molar-refractivity contribution in [2.45, 2.75) is 102 Å². The molecule has 11 nitrogen and oxygen atoms in total. The predicted octanol–water partition coefficient (Wildman–Crippen LogP) is 5.60. The molecule has 0 saturated heterocycles. The van der Waals surface area contributed by atoms with Crippen LogP contribution in [-0.4, -0.2) is 58.8 Å². The lowest BCUT2D eigenvalue weighted by Crippen LogP contribution is -2.49. The van der Waals surface area contributed by atoms with Crippen LogP contribution in [0.15, 0.2) is 65.8 Å². The molecule has 1 aliphatic carbocycles. The summed E-state index contributed by atoms with van der Waals surface area (Å²) in [6.07, 6.45) is 14.5. The Morgan fingerprint density at radius 3 is 2.43 bits per heavy atom. The summed E-state index contributed by atoms with van der Waals surface area (Å²) >= 11 is 0. The van der Waals surface area contributed by atoms with E-state index in [2.05, 4.69) is 10.5 Å². The van der Waals surface area contributed by atoms with Gasteiger partial charge in [-0.2, -0.15) is 5.10 Å². The number of carbonyl (C=O) groups is 4. The molecule has 11 heteroatoms. The lowest BCUT2D eigenvalue weighted by Gasteiger charge is -2.39. The highest BCUT2D eigenvalue weighted by molar-refractivity contribution is 5.95. The zero-order valence-corrected chi connectivity index (χ0v) is 26.9. The van der Waals surface area contributed by atoms with Gasteiger partial charge < -0.3 is 14.4 Å². The van der Waals surface area contributed by atoms with Crippen molar-refractivity contribution in [2.75, 3.05) is 6.61 Å². The van der Waals surface area contributed by atoms with Crippen molar-refractivity contribution in [2.24, 2.45) is 5.10 Å². The van der Waals surface area contributed by atoms with E-state index >= 15 is 0 Å². The molecule has 252 valence electrons. The fourth-order valence-corrected chi connectivity index (χ4v) is 5.80. The number of nitrogens with zero attached hydrogens (tertiary/aromatic N) is 2. The molecule has 2 aromatic rings. The summed E-state index contributed by atoms with van der Waals surface area (Å²) in [4.78, 5) is 51.3. The molecule has 1 fully saturated rings. The minimum atomic E-state index is -0.372. The zero-order chi connectivity index (χ0) is 33.3. The van der Waals surface area contributed by atoms with Crippen molar-refractivity contribution >= 4 is 29.9 Å². The standard InChI is InChI=1S/C36H46N4O7/c41-33(39-45)13-5-3-4-10-24-46-30-22-20-29(21-23-30)36(44)38-37-25-27-16-18-28(19-17-27)26-40-31-11-8-9-12-32(31)47-35(43)15-7-2-1-6-14-34(40)42/h1-2,16-23,25,31-32,45H,3-15,24,26H2,(H,38,44)(H,39,41)/b2-1+,37-25+/t31-,32-/m1/s1. The second-order valence-corrected chi connectivity index (χ2v) is 12.0. The van der Waals surface area contributed by atoms with Crippen LogP contribution in [0.5, 0.6) is 5.75 Å². The van der Waals surface area contributed by atoms with E-state index in [1.165, 1.54) is 0 Å². The van der Waals surface area contributed by atoms with Gasteiger partial charge in [-0.25, -0.2) is 10.9 Å². The van der Waals surface area contributed by atoms with E-state index in [9.17, 15) is 19.2 Å². The Kier molecular flexibility index (Phi) is 14.5. The molecule has 1 aliphatic heterocycles. The number of ether oxygens (including phenoxy) is 2. The first-order chi connectivity index (χ1) is 22.9. The van der Waals surface area contributed by atoms with Crippen LogP contribution in [0.2, 0.25) is 0 Å². The van der Waals surface area contributed by atoms with Crippen molar-refractivity contribution in [3.05, 3.63) is 77.4 Å². The van der Waals surface area contributed by atoms with Gasteiger partial charge in [0.05, 0.1) is 18.9 Å². The maximum absolute atomic E-state index is 13.4. The Bertz CT molecular complexity index is 1370. The number of benzene rings is 2. The lowest BCUT2D eigenvalue weighted by atomic mass is 9.90. The average molecular weight is 647 g/mol. The molecule has 0 spiro atoms. The quantitative estimate of drug-likeness (QED) is 0.0641. The van der Waals surface area contributed by atoms with Crippen LogP contribution < -0.4 is 15.6 Å². The molecule has 0 radical (unpaired) electrons. The number of amides is 3. The number of allylic oxidation sites excluding steroid dienone is 2. The van der Waals surface area contributed by atoms with Gasteiger partial charge in [0, 0.05) is 31.4 Å². The van der Waals surface area contributed by atoms with Crippen molar-refractivity contribution in [1.29, 1.82) is 0 Å². The van der Waals surface area contributed by atoms with Gasteiger partial charge in [0.2, 0.25) is 11.8 Å². The van der Waals surface area contributed by atoms with Crippen LogP contribution in [-0.2, 0) is 25.7 Å². The number of nitrogens with one attached hydrogen (secondary N) is 2. The summed E-state index contributed by atoms with van der Waals surface area (Å²) in [5, 5.41) is 12.6. The van der Waals surface area contributed by atoms with E-state index in [4.69, 9.17) is 14.7 Å². The Labute approximate surface area is 276 Å². The molecule has 3 amide bonds. The van der Waals surface area contributed by atoms with Crippen LogP contribution in [0.25, 0.3) is 0 Å². The summed E-state index contributed by atoms with van der Waals surface area (Å²) in [6, 6.07) is 14.4. The van der Waals surface area contributed by atoms with Gasteiger partial charge in [-0.3, -0.25) is 24.4 Å². The van der Waals surface area contributed by atoms with Gasteiger partial charge in [-0.15, -0.1) is 0 Å². The maximum Gasteiger partial charge on any atom is 0.306 e. The maximum atomic E-state index is 13.4. The van der Waals surface area contributed by atoms with E-state index in [1.807, 2.05) is 41.3 Å². The van der Waals surface area contributed by atoms with Crippen LogP contribution in [0, 0.1) is 0 Å². The van der Waals surface area contributed by atoms with E-state index in [0.717, 1.165) is 56.1 Å². The Hall–Kier alpha value is -4.51. The third-order valence-electron chi connectivity index (χ3n) is 8.40. The smallest absolute Gasteiger partial charge is 0.306 e. The fraction of sp³-hybridized carbons (Fsp3) is 0.472. The first-order valence-electron chi connectivity index (χ1n) is 16.6.